The average molecular weight is 418 g/mol. The standard InChI is InChI=1S/C26H26O5/c1-19(27)30-23-17-25(28)31-24(23)18-29-26(20-11-5-2-6-12-20,21-13-7-3-8-14-21)22-15-9-4-10-16-22/h2-16,23-25,28H,17-18H2,1H3/t23-,24-,25?/m1/s1. The van der Waals surface area contributed by atoms with Crippen LogP contribution in [0.25, 0.3) is 0 Å². The molecule has 0 amide bonds. The van der Waals surface area contributed by atoms with Crippen molar-refractivity contribution in [2.24, 2.45) is 0 Å². The Labute approximate surface area is 182 Å². The van der Waals surface area contributed by atoms with E-state index in [1.165, 1.54) is 6.92 Å². The molecule has 3 aromatic carbocycles. The Morgan fingerprint density at radius 3 is 1.77 bits per heavy atom. The van der Waals surface area contributed by atoms with Crippen LogP contribution >= 0.6 is 0 Å². The molecule has 31 heavy (non-hydrogen) atoms. The Balaban J connectivity index is 1.76. The Morgan fingerprint density at radius 2 is 1.35 bits per heavy atom. The Morgan fingerprint density at radius 1 is 0.903 bits per heavy atom. The van der Waals surface area contributed by atoms with Gasteiger partial charge in [0.25, 0.3) is 0 Å². The molecular formula is C26H26O5. The van der Waals surface area contributed by atoms with Crippen molar-refractivity contribution in [3.63, 3.8) is 0 Å². The van der Waals surface area contributed by atoms with Gasteiger partial charge in [0.15, 0.2) is 6.29 Å². The maximum Gasteiger partial charge on any atom is 0.302 e. The lowest BCUT2D eigenvalue weighted by Gasteiger charge is -2.37. The summed E-state index contributed by atoms with van der Waals surface area (Å²) in [4.78, 5) is 11.5. The number of hydrogen-bond donors (Lipinski definition) is 1. The van der Waals surface area contributed by atoms with Gasteiger partial charge in [-0.25, -0.2) is 0 Å². The predicted molar refractivity (Wildman–Crippen MR) is 116 cm³/mol. The fourth-order valence-corrected chi connectivity index (χ4v) is 4.15. The molecule has 0 saturated carbocycles. The minimum Gasteiger partial charge on any atom is -0.459 e. The third-order valence-corrected chi connectivity index (χ3v) is 5.50. The van der Waals surface area contributed by atoms with E-state index >= 15 is 0 Å². The molecule has 5 heteroatoms. The SMILES string of the molecule is CC(=O)O[C@@H]1CC(O)O[C@@H]1COC(c1ccccc1)(c1ccccc1)c1ccccc1. The van der Waals surface area contributed by atoms with Gasteiger partial charge in [0.2, 0.25) is 0 Å². The Hall–Kier alpha value is -2.99. The van der Waals surface area contributed by atoms with E-state index in [4.69, 9.17) is 14.2 Å². The second-order valence-electron chi connectivity index (χ2n) is 7.60. The van der Waals surface area contributed by atoms with Gasteiger partial charge in [-0.15, -0.1) is 0 Å². The first-order chi connectivity index (χ1) is 15.1. The number of carbonyl (C=O) groups excluding carboxylic acids is 1. The third-order valence-electron chi connectivity index (χ3n) is 5.50. The van der Waals surface area contributed by atoms with Gasteiger partial charge >= 0.3 is 5.97 Å². The van der Waals surface area contributed by atoms with Crippen molar-refractivity contribution in [1.29, 1.82) is 0 Å². The van der Waals surface area contributed by atoms with Crippen molar-refractivity contribution >= 4 is 5.97 Å². The van der Waals surface area contributed by atoms with Crippen molar-refractivity contribution in [2.75, 3.05) is 6.61 Å². The highest BCUT2D eigenvalue weighted by Gasteiger charge is 2.42. The van der Waals surface area contributed by atoms with E-state index in [1.54, 1.807) is 0 Å². The minimum absolute atomic E-state index is 0.133. The van der Waals surface area contributed by atoms with E-state index in [0.717, 1.165) is 16.7 Å². The number of carbonyl (C=O) groups is 1. The van der Waals surface area contributed by atoms with Gasteiger partial charge in [0, 0.05) is 13.3 Å². The first kappa shape index (κ1) is 21.2. The van der Waals surface area contributed by atoms with Crippen LogP contribution in [0, 0.1) is 0 Å². The first-order valence-electron chi connectivity index (χ1n) is 10.4. The Bertz CT molecular complexity index is 878. The summed E-state index contributed by atoms with van der Waals surface area (Å²) in [5, 5.41) is 9.99. The number of esters is 1. The molecule has 0 aromatic heterocycles. The molecule has 3 aromatic rings. The van der Waals surface area contributed by atoms with Crippen molar-refractivity contribution in [3.8, 4) is 0 Å². The zero-order chi connectivity index (χ0) is 21.7. The van der Waals surface area contributed by atoms with Crippen LogP contribution in [0.15, 0.2) is 91.0 Å². The molecule has 1 heterocycles. The van der Waals surface area contributed by atoms with Crippen LogP contribution < -0.4 is 0 Å². The second-order valence-corrected chi connectivity index (χ2v) is 7.60. The minimum atomic E-state index is -0.988. The fourth-order valence-electron chi connectivity index (χ4n) is 4.15. The molecule has 0 spiro atoms. The van der Waals surface area contributed by atoms with E-state index in [-0.39, 0.29) is 13.0 Å². The van der Waals surface area contributed by atoms with Crippen LogP contribution in [0.4, 0.5) is 0 Å². The molecule has 5 nitrogen and oxygen atoms in total. The molecule has 1 N–H and O–H groups in total. The molecule has 0 aliphatic carbocycles. The predicted octanol–water partition coefficient (Wildman–Crippen LogP) is 4.03. The number of aliphatic hydroxyl groups excluding tert-OH is 1. The van der Waals surface area contributed by atoms with Gasteiger partial charge in [-0.2, -0.15) is 0 Å². The van der Waals surface area contributed by atoms with Crippen molar-refractivity contribution in [1.82, 2.24) is 0 Å². The van der Waals surface area contributed by atoms with Crippen molar-refractivity contribution in [3.05, 3.63) is 108 Å². The fraction of sp³-hybridized carbons (Fsp3) is 0.269. The van der Waals surface area contributed by atoms with Crippen LogP contribution in [0.3, 0.4) is 0 Å². The average Bonchev–Trinajstić information content (AvgIpc) is 3.14. The molecule has 0 radical (unpaired) electrons. The summed E-state index contributed by atoms with van der Waals surface area (Å²) < 4.78 is 17.7. The summed E-state index contributed by atoms with van der Waals surface area (Å²) in [5.74, 6) is -0.409. The van der Waals surface area contributed by atoms with Crippen LogP contribution in [-0.4, -0.2) is 36.2 Å². The molecule has 1 aliphatic rings. The molecule has 160 valence electrons. The zero-order valence-electron chi connectivity index (χ0n) is 17.4. The molecule has 4 rings (SSSR count). The summed E-state index contributed by atoms with van der Waals surface area (Å²) >= 11 is 0. The Kier molecular flexibility index (Phi) is 6.47. The number of aliphatic hydroxyl groups is 1. The summed E-state index contributed by atoms with van der Waals surface area (Å²) in [5.41, 5.74) is 2.00. The highest BCUT2D eigenvalue weighted by atomic mass is 16.7. The summed E-state index contributed by atoms with van der Waals surface area (Å²) in [6.07, 6.45) is -1.90. The van der Waals surface area contributed by atoms with Gasteiger partial charge in [-0.1, -0.05) is 91.0 Å². The van der Waals surface area contributed by atoms with Gasteiger partial charge < -0.3 is 19.3 Å². The summed E-state index contributed by atoms with van der Waals surface area (Å²) in [6, 6.07) is 30.0. The van der Waals surface area contributed by atoms with Crippen molar-refractivity contribution < 1.29 is 24.1 Å². The monoisotopic (exact) mass is 418 g/mol. The molecule has 1 aliphatic heterocycles. The number of benzene rings is 3. The molecule has 0 bridgehead atoms. The highest BCUT2D eigenvalue weighted by Crippen LogP contribution is 2.41. The number of rotatable bonds is 7. The van der Waals surface area contributed by atoms with Crippen molar-refractivity contribution in [2.45, 2.75) is 37.4 Å². The highest BCUT2D eigenvalue weighted by molar-refractivity contribution is 5.66. The van der Waals surface area contributed by atoms with Crippen LogP contribution in [0.5, 0.6) is 0 Å². The molecule has 1 saturated heterocycles. The van der Waals surface area contributed by atoms with E-state index in [1.807, 2.05) is 91.0 Å². The quantitative estimate of drug-likeness (QED) is 0.464. The van der Waals surface area contributed by atoms with E-state index in [2.05, 4.69) is 0 Å². The van der Waals surface area contributed by atoms with E-state index in [9.17, 15) is 9.90 Å². The molecule has 3 atom stereocenters. The second kappa shape index (κ2) is 9.43. The third kappa shape index (κ3) is 4.54. The molecule has 1 unspecified atom stereocenters. The zero-order valence-corrected chi connectivity index (χ0v) is 17.4. The van der Waals surface area contributed by atoms with Gasteiger partial charge in [-0.3, -0.25) is 4.79 Å². The topological polar surface area (TPSA) is 65.0 Å². The lowest BCUT2D eigenvalue weighted by Crippen LogP contribution is -2.39. The van der Waals surface area contributed by atoms with E-state index < -0.39 is 30.1 Å². The maximum absolute atomic E-state index is 11.5. The van der Waals surface area contributed by atoms with Crippen LogP contribution in [-0.2, 0) is 24.6 Å². The lowest BCUT2D eigenvalue weighted by atomic mass is 9.80. The van der Waals surface area contributed by atoms with Crippen LogP contribution in [0.2, 0.25) is 0 Å². The lowest BCUT2D eigenvalue weighted by molar-refractivity contribution is -0.156. The molecule has 1 fully saturated rings. The van der Waals surface area contributed by atoms with Gasteiger partial charge in [0.05, 0.1) is 6.61 Å². The number of ether oxygens (including phenoxy) is 3. The summed E-state index contributed by atoms with van der Waals surface area (Å²) in [6.45, 7) is 1.48. The first-order valence-corrected chi connectivity index (χ1v) is 10.4. The van der Waals surface area contributed by atoms with E-state index in [0.29, 0.717) is 0 Å². The maximum atomic E-state index is 11.5. The van der Waals surface area contributed by atoms with Crippen LogP contribution in [0.1, 0.15) is 30.0 Å². The van der Waals surface area contributed by atoms with Gasteiger partial charge in [-0.05, 0) is 16.7 Å². The summed E-state index contributed by atoms with van der Waals surface area (Å²) in [7, 11) is 0. The normalized spacial score (nSPS) is 21.0. The van der Waals surface area contributed by atoms with Gasteiger partial charge in [0.1, 0.15) is 17.8 Å². The molecular weight excluding hydrogens is 392 g/mol. The largest absolute Gasteiger partial charge is 0.459 e. The smallest absolute Gasteiger partial charge is 0.302 e. The number of hydrogen-bond acceptors (Lipinski definition) is 5.